The number of nitrogens with zero attached hydrogens (tertiary/aromatic N) is 2. The highest BCUT2D eigenvalue weighted by molar-refractivity contribution is 5.44. The van der Waals surface area contributed by atoms with Crippen LogP contribution in [0.15, 0.2) is 42.5 Å². The molecule has 0 saturated heterocycles. The van der Waals surface area contributed by atoms with Crippen LogP contribution >= 0.6 is 0 Å². The van der Waals surface area contributed by atoms with E-state index in [1.807, 2.05) is 0 Å². The molecule has 7 heteroatoms. The molecule has 0 aliphatic rings. The smallest absolute Gasteiger partial charge is 0.272 e. The second kappa shape index (κ2) is 6.00. The van der Waals surface area contributed by atoms with Gasteiger partial charge in [0.1, 0.15) is 12.4 Å². The van der Waals surface area contributed by atoms with Gasteiger partial charge < -0.3 is 4.74 Å². The van der Waals surface area contributed by atoms with E-state index in [9.17, 15) is 20.2 Å². The van der Waals surface area contributed by atoms with Gasteiger partial charge in [0, 0.05) is 23.8 Å². The molecule has 2 rings (SSSR count). The van der Waals surface area contributed by atoms with Crippen molar-refractivity contribution in [3.63, 3.8) is 0 Å². The lowest BCUT2D eigenvalue weighted by atomic mass is 10.1. The molecule has 0 atom stereocenters. The number of rotatable bonds is 5. The van der Waals surface area contributed by atoms with Crippen LogP contribution in [-0.2, 0) is 6.61 Å². The highest BCUT2D eigenvalue weighted by Gasteiger charge is 2.13. The van der Waals surface area contributed by atoms with Gasteiger partial charge in [-0.15, -0.1) is 0 Å². The van der Waals surface area contributed by atoms with Gasteiger partial charge in [0.2, 0.25) is 0 Å². The van der Waals surface area contributed by atoms with Crippen LogP contribution in [0, 0.1) is 27.2 Å². The molecule has 0 spiro atoms. The van der Waals surface area contributed by atoms with Gasteiger partial charge in [-0.1, -0.05) is 12.1 Å². The van der Waals surface area contributed by atoms with Crippen LogP contribution < -0.4 is 4.74 Å². The van der Waals surface area contributed by atoms with E-state index in [1.165, 1.54) is 30.3 Å². The number of hydrogen-bond donors (Lipinski definition) is 0. The van der Waals surface area contributed by atoms with Crippen molar-refractivity contribution >= 4 is 11.4 Å². The van der Waals surface area contributed by atoms with Crippen LogP contribution in [0.3, 0.4) is 0 Å². The van der Waals surface area contributed by atoms with Crippen LogP contribution in [0.4, 0.5) is 11.4 Å². The van der Waals surface area contributed by atoms with Crippen molar-refractivity contribution in [1.82, 2.24) is 0 Å². The second-order valence-electron chi connectivity index (χ2n) is 4.36. The van der Waals surface area contributed by atoms with Crippen molar-refractivity contribution in [3.05, 3.63) is 73.8 Å². The average Bonchev–Trinajstić information content (AvgIpc) is 2.46. The summed E-state index contributed by atoms with van der Waals surface area (Å²) in [5, 5.41) is 21.4. The molecule has 2 aromatic carbocycles. The summed E-state index contributed by atoms with van der Waals surface area (Å²) in [7, 11) is 0. The molecule has 0 N–H and O–H groups in total. The van der Waals surface area contributed by atoms with E-state index in [4.69, 9.17) is 4.74 Å². The maximum absolute atomic E-state index is 10.9. The Morgan fingerprint density at radius 3 is 2.24 bits per heavy atom. The summed E-state index contributed by atoms with van der Waals surface area (Å²) < 4.78 is 5.50. The molecule has 0 bridgehead atoms. The maximum Gasteiger partial charge on any atom is 0.272 e. The van der Waals surface area contributed by atoms with E-state index in [0.717, 1.165) is 0 Å². The van der Waals surface area contributed by atoms with Crippen molar-refractivity contribution < 1.29 is 14.6 Å². The fourth-order valence-corrected chi connectivity index (χ4v) is 1.85. The van der Waals surface area contributed by atoms with Crippen LogP contribution in [0.2, 0.25) is 0 Å². The standard InChI is InChI=1S/C14H12N2O5/c1-10-11(3-2-4-14(10)16(19)20)9-21-13-7-5-12(6-8-13)15(17)18/h2-8H,9H2,1H3. The van der Waals surface area contributed by atoms with Gasteiger partial charge in [0.15, 0.2) is 0 Å². The first-order valence-electron chi connectivity index (χ1n) is 6.09. The van der Waals surface area contributed by atoms with E-state index >= 15 is 0 Å². The number of benzene rings is 2. The van der Waals surface area contributed by atoms with E-state index < -0.39 is 9.85 Å². The van der Waals surface area contributed by atoms with Crippen LogP contribution in [0.1, 0.15) is 11.1 Å². The molecular weight excluding hydrogens is 276 g/mol. The van der Waals surface area contributed by atoms with Gasteiger partial charge >= 0.3 is 0 Å². The zero-order valence-corrected chi connectivity index (χ0v) is 11.2. The molecule has 0 radical (unpaired) electrons. The predicted octanol–water partition coefficient (Wildman–Crippen LogP) is 3.39. The number of hydrogen-bond acceptors (Lipinski definition) is 5. The molecule has 0 aromatic heterocycles. The Morgan fingerprint density at radius 1 is 1.00 bits per heavy atom. The second-order valence-corrected chi connectivity index (χ2v) is 4.36. The first-order chi connectivity index (χ1) is 9.99. The molecule has 0 unspecified atom stereocenters. The normalized spacial score (nSPS) is 10.1. The topological polar surface area (TPSA) is 95.5 Å². The van der Waals surface area contributed by atoms with Crippen molar-refractivity contribution in [2.24, 2.45) is 0 Å². The molecule has 0 heterocycles. The SMILES string of the molecule is Cc1c(COc2ccc([N+](=O)[O-])cc2)cccc1[N+](=O)[O-]. The van der Waals surface area contributed by atoms with Crippen LogP contribution in [0.25, 0.3) is 0 Å². The summed E-state index contributed by atoms with van der Waals surface area (Å²) in [4.78, 5) is 20.5. The Labute approximate surface area is 120 Å². The lowest BCUT2D eigenvalue weighted by Gasteiger charge is -2.08. The Balaban J connectivity index is 2.11. The van der Waals surface area contributed by atoms with Crippen LogP contribution in [0.5, 0.6) is 5.75 Å². The Kier molecular flexibility index (Phi) is 4.13. The molecule has 0 saturated carbocycles. The van der Waals surface area contributed by atoms with Crippen molar-refractivity contribution in [2.45, 2.75) is 13.5 Å². The van der Waals surface area contributed by atoms with E-state index in [2.05, 4.69) is 0 Å². The summed E-state index contributed by atoms with van der Waals surface area (Å²) in [6.45, 7) is 1.82. The number of ether oxygens (including phenoxy) is 1. The van der Waals surface area contributed by atoms with Crippen molar-refractivity contribution in [2.75, 3.05) is 0 Å². The first kappa shape index (κ1) is 14.4. The third-order valence-corrected chi connectivity index (χ3v) is 3.06. The van der Waals surface area contributed by atoms with Gasteiger partial charge in [0.05, 0.1) is 9.85 Å². The summed E-state index contributed by atoms with van der Waals surface area (Å²) in [5.41, 5.74) is 1.26. The largest absolute Gasteiger partial charge is 0.489 e. The van der Waals surface area contributed by atoms with Gasteiger partial charge in [-0.3, -0.25) is 20.2 Å². The third-order valence-electron chi connectivity index (χ3n) is 3.06. The van der Waals surface area contributed by atoms with Gasteiger partial charge in [0.25, 0.3) is 11.4 Å². The molecule has 0 aliphatic heterocycles. The van der Waals surface area contributed by atoms with Crippen LogP contribution in [-0.4, -0.2) is 9.85 Å². The van der Waals surface area contributed by atoms with Crippen molar-refractivity contribution in [1.29, 1.82) is 0 Å². The fraction of sp³-hybridized carbons (Fsp3) is 0.143. The minimum Gasteiger partial charge on any atom is -0.489 e. The Hall–Kier alpha value is -2.96. The molecule has 0 fully saturated rings. The highest BCUT2D eigenvalue weighted by atomic mass is 16.6. The quantitative estimate of drug-likeness (QED) is 0.620. The van der Waals surface area contributed by atoms with Gasteiger partial charge in [-0.25, -0.2) is 0 Å². The van der Waals surface area contributed by atoms with Gasteiger partial charge in [-0.05, 0) is 24.6 Å². The molecular formula is C14H12N2O5. The minimum atomic E-state index is -0.492. The van der Waals surface area contributed by atoms with Gasteiger partial charge in [-0.2, -0.15) is 0 Å². The molecule has 108 valence electrons. The summed E-state index contributed by atoms with van der Waals surface area (Å²) in [6.07, 6.45) is 0. The van der Waals surface area contributed by atoms with E-state index in [0.29, 0.717) is 16.9 Å². The number of non-ortho nitro benzene ring substituents is 1. The summed E-state index contributed by atoms with van der Waals surface area (Å²) in [6, 6.07) is 10.4. The Morgan fingerprint density at radius 2 is 1.67 bits per heavy atom. The lowest BCUT2D eigenvalue weighted by Crippen LogP contribution is -2.01. The van der Waals surface area contributed by atoms with E-state index in [1.54, 1.807) is 19.1 Å². The van der Waals surface area contributed by atoms with E-state index in [-0.39, 0.29) is 18.0 Å². The molecule has 21 heavy (non-hydrogen) atoms. The molecule has 0 aliphatic carbocycles. The maximum atomic E-state index is 10.9. The number of nitro groups is 2. The van der Waals surface area contributed by atoms with Crippen molar-refractivity contribution in [3.8, 4) is 5.75 Å². The molecule has 0 amide bonds. The monoisotopic (exact) mass is 288 g/mol. The highest BCUT2D eigenvalue weighted by Crippen LogP contribution is 2.23. The lowest BCUT2D eigenvalue weighted by molar-refractivity contribution is -0.385. The summed E-state index contributed by atoms with van der Waals surface area (Å²) in [5.74, 6) is 0.464. The molecule has 2 aromatic rings. The average molecular weight is 288 g/mol. The fourth-order valence-electron chi connectivity index (χ4n) is 1.85. The Bertz CT molecular complexity index is 682. The molecule has 7 nitrogen and oxygen atoms in total. The zero-order chi connectivity index (χ0) is 15.4. The first-order valence-corrected chi connectivity index (χ1v) is 6.09. The third kappa shape index (κ3) is 3.33. The predicted molar refractivity (Wildman–Crippen MR) is 75.3 cm³/mol. The minimum absolute atomic E-state index is 0.0196. The summed E-state index contributed by atoms with van der Waals surface area (Å²) >= 11 is 0. The zero-order valence-electron chi connectivity index (χ0n) is 11.2. The number of nitro benzene ring substituents is 2.